The number of aryl methyl sites for hydroxylation is 2. The van der Waals surface area contributed by atoms with Crippen molar-refractivity contribution in [2.45, 2.75) is 64.8 Å². The summed E-state index contributed by atoms with van der Waals surface area (Å²) in [5.41, 5.74) is 2.25. The summed E-state index contributed by atoms with van der Waals surface area (Å²) in [5, 5.41) is 4.54. The lowest BCUT2D eigenvalue weighted by atomic mass is 10.1. The van der Waals surface area contributed by atoms with E-state index in [9.17, 15) is 4.79 Å². The first-order chi connectivity index (χ1) is 9.54. The molecule has 2 aliphatic heterocycles. The molecule has 5 nitrogen and oxygen atoms in total. The van der Waals surface area contributed by atoms with E-state index in [4.69, 9.17) is 4.74 Å². The third-order valence-electron chi connectivity index (χ3n) is 4.45. The summed E-state index contributed by atoms with van der Waals surface area (Å²) in [6, 6.07) is 2.45. The van der Waals surface area contributed by atoms with Crippen LogP contribution in [0.25, 0.3) is 0 Å². The maximum absolute atomic E-state index is 12.0. The predicted molar refractivity (Wildman–Crippen MR) is 75.4 cm³/mol. The zero-order valence-corrected chi connectivity index (χ0v) is 12.5. The van der Waals surface area contributed by atoms with Crippen molar-refractivity contribution in [1.82, 2.24) is 14.7 Å². The second kappa shape index (κ2) is 5.20. The largest absolute Gasteiger partial charge is 0.461 e. The van der Waals surface area contributed by atoms with Crippen LogP contribution < -0.4 is 0 Å². The Kier molecular flexibility index (Phi) is 3.54. The van der Waals surface area contributed by atoms with Crippen molar-refractivity contribution in [3.8, 4) is 0 Å². The molecule has 0 amide bonds. The Labute approximate surface area is 119 Å². The molecule has 2 fully saturated rings. The Bertz CT molecular complexity index is 511. The molecule has 2 aliphatic rings. The summed E-state index contributed by atoms with van der Waals surface area (Å²) in [4.78, 5) is 14.3. The van der Waals surface area contributed by atoms with Gasteiger partial charge in [-0.25, -0.2) is 0 Å². The average molecular weight is 277 g/mol. The molecule has 1 aromatic rings. The van der Waals surface area contributed by atoms with Crippen molar-refractivity contribution in [2.24, 2.45) is 0 Å². The molecular weight excluding hydrogens is 254 g/mol. The van der Waals surface area contributed by atoms with Crippen molar-refractivity contribution in [3.63, 3.8) is 0 Å². The van der Waals surface area contributed by atoms with Crippen LogP contribution in [0.5, 0.6) is 0 Å². The monoisotopic (exact) mass is 277 g/mol. The van der Waals surface area contributed by atoms with Gasteiger partial charge in [0.2, 0.25) is 0 Å². The molecule has 3 heterocycles. The van der Waals surface area contributed by atoms with Crippen LogP contribution in [0.2, 0.25) is 0 Å². The first-order valence-corrected chi connectivity index (χ1v) is 7.52. The minimum absolute atomic E-state index is 0.0437. The maximum atomic E-state index is 12.0. The van der Waals surface area contributed by atoms with E-state index < -0.39 is 0 Å². The van der Waals surface area contributed by atoms with E-state index in [0.717, 1.165) is 38.0 Å². The zero-order valence-electron chi connectivity index (χ0n) is 12.5. The summed E-state index contributed by atoms with van der Waals surface area (Å²) in [5.74, 6) is -0.0437. The number of carbonyl (C=O) groups excluding carboxylic acids is 1. The van der Waals surface area contributed by atoms with Gasteiger partial charge < -0.3 is 4.74 Å². The van der Waals surface area contributed by atoms with E-state index in [0.29, 0.717) is 6.04 Å². The van der Waals surface area contributed by atoms with Crippen LogP contribution in [-0.2, 0) is 16.1 Å². The highest BCUT2D eigenvalue weighted by molar-refractivity contribution is 5.78. The standard InChI is InChI=1S/C15H23N3O2/c1-10-7-11(2)18(16-10)9-13-5-4-6-17(13)14-8-12(3)20-15(14)19/h7,12-14H,4-6,8-9H2,1-3H3/t12-,13-,14+/m0/s1. The van der Waals surface area contributed by atoms with Crippen molar-refractivity contribution < 1.29 is 9.53 Å². The molecule has 1 aromatic heterocycles. The average Bonchev–Trinajstić information content (AvgIpc) is 3.02. The second-order valence-corrected chi connectivity index (χ2v) is 6.14. The fraction of sp³-hybridized carbons (Fsp3) is 0.733. The summed E-state index contributed by atoms with van der Waals surface area (Å²) < 4.78 is 7.38. The Morgan fingerprint density at radius 1 is 1.45 bits per heavy atom. The van der Waals surface area contributed by atoms with E-state index in [1.165, 1.54) is 5.69 Å². The normalized spacial score (nSPS) is 30.9. The van der Waals surface area contributed by atoms with E-state index >= 15 is 0 Å². The van der Waals surface area contributed by atoms with Gasteiger partial charge in [-0.15, -0.1) is 0 Å². The lowest BCUT2D eigenvalue weighted by Gasteiger charge is -2.28. The summed E-state index contributed by atoms with van der Waals surface area (Å²) in [6.07, 6.45) is 3.17. The van der Waals surface area contributed by atoms with Crippen LogP contribution in [0.15, 0.2) is 6.07 Å². The van der Waals surface area contributed by atoms with E-state index in [2.05, 4.69) is 27.7 Å². The first kappa shape index (κ1) is 13.6. The molecule has 0 radical (unpaired) electrons. The van der Waals surface area contributed by atoms with Gasteiger partial charge in [-0.3, -0.25) is 14.4 Å². The quantitative estimate of drug-likeness (QED) is 0.789. The fourth-order valence-corrected chi connectivity index (χ4v) is 3.53. The molecule has 0 N–H and O–H groups in total. The number of carbonyl (C=O) groups is 1. The SMILES string of the molecule is Cc1cc(C)n(C[C@@H]2CCCN2[C@@H]2C[C@H](C)OC2=O)n1. The van der Waals surface area contributed by atoms with Gasteiger partial charge in [0.25, 0.3) is 0 Å². The van der Waals surface area contributed by atoms with Crippen molar-refractivity contribution >= 4 is 5.97 Å². The number of rotatable bonds is 3. The van der Waals surface area contributed by atoms with Gasteiger partial charge >= 0.3 is 5.97 Å². The molecule has 0 aliphatic carbocycles. The van der Waals surface area contributed by atoms with Crippen LogP contribution in [-0.4, -0.2) is 45.4 Å². The topological polar surface area (TPSA) is 47.4 Å². The van der Waals surface area contributed by atoms with Crippen LogP contribution in [0, 0.1) is 13.8 Å². The number of aromatic nitrogens is 2. The molecule has 3 atom stereocenters. The molecule has 0 saturated carbocycles. The lowest BCUT2D eigenvalue weighted by Crippen LogP contribution is -2.43. The first-order valence-electron chi connectivity index (χ1n) is 7.52. The number of ether oxygens (including phenoxy) is 1. The summed E-state index contributed by atoms with van der Waals surface area (Å²) in [7, 11) is 0. The third-order valence-corrected chi connectivity index (χ3v) is 4.45. The fourth-order valence-electron chi connectivity index (χ4n) is 3.53. The van der Waals surface area contributed by atoms with Gasteiger partial charge in [0, 0.05) is 18.2 Å². The van der Waals surface area contributed by atoms with Gasteiger partial charge in [-0.05, 0) is 46.2 Å². The van der Waals surface area contributed by atoms with Crippen molar-refractivity contribution in [2.75, 3.05) is 6.54 Å². The van der Waals surface area contributed by atoms with Gasteiger partial charge in [-0.2, -0.15) is 5.10 Å². The van der Waals surface area contributed by atoms with E-state index in [1.807, 2.05) is 13.8 Å². The van der Waals surface area contributed by atoms with Crippen LogP contribution in [0.4, 0.5) is 0 Å². The molecule has 2 saturated heterocycles. The van der Waals surface area contributed by atoms with Crippen molar-refractivity contribution in [1.29, 1.82) is 0 Å². The zero-order chi connectivity index (χ0) is 14.3. The minimum atomic E-state index is -0.0468. The Balaban J connectivity index is 1.73. The number of nitrogens with zero attached hydrogens (tertiary/aromatic N) is 3. The smallest absolute Gasteiger partial charge is 0.323 e. The second-order valence-electron chi connectivity index (χ2n) is 6.14. The molecule has 0 unspecified atom stereocenters. The number of hydrogen-bond acceptors (Lipinski definition) is 4. The minimum Gasteiger partial charge on any atom is -0.461 e. The van der Waals surface area contributed by atoms with E-state index in [1.54, 1.807) is 0 Å². The molecule has 5 heteroatoms. The Morgan fingerprint density at radius 2 is 2.25 bits per heavy atom. The van der Waals surface area contributed by atoms with Crippen LogP contribution in [0.3, 0.4) is 0 Å². The highest BCUT2D eigenvalue weighted by atomic mass is 16.6. The predicted octanol–water partition coefficient (Wildman–Crippen LogP) is 1.67. The van der Waals surface area contributed by atoms with Gasteiger partial charge in [0.1, 0.15) is 12.1 Å². The molecule has 0 bridgehead atoms. The lowest BCUT2D eigenvalue weighted by molar-refractivity contribution is -0.145. The maximum Gasteiger partial charge on any atom is 0.323 e. The Hall–Kier alpha value is -1.36. The van der Waals surface area contributed by atoms with Crippen molar-refractivity contribution in [3.05, 3.63) is 17.5 Å². The van der Waals surface area contributed by atoms with Crippen LogP contribution in [0.1, 0.15) is 37.6 Å². The molecule has 0 aromatic carbocycles. The summed E-state index contributed by atoms with van der Waals surface area (Å²) in [6.45, 7) is 7.95. The van der Waals surface area contributed by atoms with E-state index in [-0.39, 0.29) is 18.1 Å². The number of cyclic esters (lactones) is 1. The molecule has 20 heavy (non-hydrogen) atoms. The van der Waals surface area contributed by atoms with Gasteiger partial charge in [-0.1, -0.05) is 0 Å². The molecule has 3 rings (SSSR count). The third kappa shape index (κ3) is 2.46. The molecule has 110 valence electrons. The number of likely N-dealkylation sites (tertiary alicyclic amines) is 1. The van der Waals surface area contributed by atoms with Gasteiger partial charge in [0.15, 0.2) is 0 Å². The Morgan fingerprint density at radius 3 is 2.85 bits per heavy atom. The van der Waals surface area contributed by atoms with Crippen LogP contribution >= 0.6 is 0 Å². The molecular formula is C15H23N3O2. The highest BCUT2D eigenvalue weighted by Crippen LogP contribution is 2.28. The molecule has 0 spiro atoms. The number of hydrogen-bond donors (Lipinski definition) is 0. The van der Waals surface area contributed by atoms with Gasteiger partial charge in [0.05, 0.1) is 12.2 Å². The number of esters is 1. The summed E-state index contributed by atoms with van der Waals surface area (Å²) >= 11 is 0. The highest BCUT2D eigenvalue weighted by Gasteiger charge is 2.41.